The van der Waals surface area contributed by atoms with Crippen molar-refractivity contribution in [1.29, 1.82) is 0 Å². The molecule has 0 amide bonds. The molecular formula is C20H17FNO. The third-order valence-corrected chi connectivity index (χ3v) is 3.90. The summed E-state index contributed by atoms with van der Waals surface area (Å²) in [5.74, 6) is -0.129. The molecule has 115 valence electrons. The minimum Gasteiger partial charge on any atom is -0.357 e. The molecule has 1 heterocycles. The second kappa shape index (κ2) is 6.21. The van der Waals surface area contributed by atoms with Crippen molar-refractivity contribution in [3.05, 3.63) is 71.7 Å². The number of H-pyrrole nitrogens is 1. The molecular weight excluding hydrogens is 289 g/mol. The van der Waals surface area contributed by atoms with Crippen molar-refractivity contribution < 1.29 is 9.18 Å². The monoisotopic (exact) mass is 306 g/mol. The van der Waals surface area contributed by atoms with Gasteiger partial charge in [-0.25, -0.2) is 4.39 Å². The van der Waals surface area contributed by atoms with E-state index < -0.39 is 0 Å². The third-order valence-electron chi connectivity index (χ3n) is 3.90. The van der Waals surface area contributed by atoms with E-state index in [1.807, 2.05) is 44.2 Å². The van der Waals surface area contributed by atoms with E-state index in [9.17, 15) is 9.18 Å². The molecule has 3 rings (SSSR count). The van der Waals surface area contributed by atoms with Crippen LogP contribution in [0.15, 0.2) is 54.6 Å². The number of aromatic amines is 1. The Bertz CT molecular complexity index is 817. The van der Waals surface area contributed by atoms with Crippen molar-refractivity contribution in [1.82, 2.24) is 4.98 Å². The number of hydrogen-bond acceptors (Lipinski definition) is 1. The summed E-state index contributed by atoms with van der Waals surface area (Å²) in [6.45, 7) is 4.05. The third kappa shape index (κ3) is 2.82. The lowest BCUT2D eigenvalue weighted by molar-refractivity contribution is 0.562. The average Bonchev–Trinajstić information content (AvgIpc) is 2.96. The van der Waals surface area contributed by atoms with Crippen LogP contribution in [0.5, 0.6) is 0 Å². The first-order valence-corrected chi connectivity index (χ1v) is 7.57. The van der Waals surface area contributed by atoms with E-state index in [1.165, 1.54) is 12.1 Å². The number of rotatable bonds is 4. The van der Waals surface area contributed by atoms with E-state index in [2.05, 4.69) is 11.3 Å². The molecule has 0 aliphatic heterocycles. The van der Waals surface area contributed by atoms with Crippen LogP contribution in [0.3, 0.4) is 0 Å². The maximum absolute atomic E-state index is 13.2. The Balaban J connectivity index is 2.30. The topological polar surface area (TPSA) is 32.9 Å². The van der Waals surface area contributed by atoms with Crippen LogP contribution >= 0.6 is 0 Å². The molecule has 0 atom stereocenters. The first kappa shape index (κ1) is 15.2. The largest absolute Gasteiger partial charge is 0.357 e. The highest BCUT2D eigenvalue weighted by Gasteiger charge is 2.21. The van der Waals surface area contributed by atoms with E-state index in [0.717, 1.165) is 28.1 Å². The Hall–Kier alpha value is -2.68. The molecule has 0 saturated heterocycles. The van der Waals surface area contributed by atoms with Crippen LogP contribution < -0.4 is 0 Å². The van der Waals surface area contributed by atoms with Crippen molar-refractivity contribution >= 4 is 6.29 Å². The van der Waals surface area contributed by atoms with Gasteiger partial charge in [0.1, 0.15) is 5.82 Å². The summed E-state index contributed by atoms with van der Waals surface area (Å²) < 4.78 is 13.2. The zero-order valence-corrected chi connectivity index (χ0v) is 13.1. The van der Waals surface area contributed by atoms with Gasteiger partial charge in [-0.15, -0.1) is 0 Å². The number of halogens is 1. The van der Waals surface area contributed by atoms with Crippen LogP contribution in [-0.4, -0.2) is 11.3 Å². The molecule has 3 aromatic rings. The Labute approximate surface area is 135 Å². The van der Waals surface area contributed by atoms with Crippen LogP contribution in [0.1, 0.15) is 31.0 Å². The van der Waals surface area contributed by atoms with E-state index in [-0.39, 0.29) is 11.7 Å². The smallest absolute Gasteiger partial charge is 0.236 e. The lowest BCUT2D eigenvalue weighted by Crippen LogP contribution is -1.93. The van der Waals surface area contributed by atoms with Crippen molar-refractivity contribution in [2.45, 2.75) is 19.8 Å². The zero-order valence-electron chi connectivity index (χ0n) is 13.1. The fourth-order valence-electron chi connectivity index (χ4n) is 2.78. The van der Waals surface area contributed by atoms with Crippen LogP contribution in [0, 0.1) is 5.82 Å². The average molecular weight is 306 g/mol. The number of carbonyl (C=O) groups excluding carboxylic acids is 1. The number of hydrogen-bond donors (Lipinski definition) is 1. The fourth-order valence-corrected chi connectivity index (χ4v) is 2.78. The summed E-state index contributed by atoms with van der Waals surface area (Å²) in [6, 6.07) is 16.0. The highest BCUT2D eigenvalue weighted by molar-refractivity contribution is 5.97. The highest BCUT2D eigenvalue weighted by Crippen LogP contribution is 2.38. The second-order valence-electron chi connectivity index (χ2n) is 5.79. The number of aromatic nitrogens is 1. The van der Waals surface area contributed by atoms with Gasteiger partial charge >= 0.3 is 0 Å². The molecule has 0 saturated carbocycles. The summed E-state index contributed by atoms with van der Waals surface area (Å²) in [6.07, 6.45) is 2.09. The SMILES string of the molecule is CC(C)c1[nH]c(-c2ccc(F)cc2)c(-c2ccccc2)c1[C]=O. The molecule has 3 heteroatoms. The second-order valence-corrected chi connectivity index (χ2v) is 5.79. The Morgan fingerprint density at radius 3 is 2.17 bits per heavy atom. The predicted molar refractivity (Wildman–Crippen MR) is 90.5 cm³/mol. The maximum atomic E-state index is 13.2. The molecule has 2 nitrogen and oxygen atoms in total. The van der Waals surface area contributed by atoms with Crippen LogP contribution in [0.2, 0.25) is 0 Å². The van der Waals surface area contributed by atoms with E-state index in [0.29, 0.717) is 5.56 Å². The molecule has 1 aromatic heterocycles. The van der Waals surface area contributed by atoms with Gasteiger partial charge in [0.2, 0.25) is 6.29 Å². The lowest BCUT2D eigenvalue weighted by atomic mass is 9.96. The molecule has 0 bridgehead atoms. The number of benzene rings is 2. The van der Waals surface area contributed by atoms with Gasteiger partial charge in [-0.05, 0) is 41.3 Å². The van der Waals surface area contributed by atoms with Crippen LogP contribution in [0.4, 0.5) is 4.39 Å². The van der Waals surface area contributed by atoms with E-state index in [1.54, 1.807) is 12.1 Å². The lowest BCUT2D eigenvalue weighted by Gasteiger charge is -2.06. The van der Waals surface area contributed by atoms with Gasteiger partial charge in [0.25, 0.3) is 0 Å². The van der Waals surface area contributed by atoms with Gasteiger partial charge in [0, 0.05) is 11.3 Å². The van der Waals surface area contributed by atoms with Gasteiger partial charge in [-0.2, -0.15) is 0 Å². The zero-order chi connectivity index (χ0) is 16.4. The van der Waals surface area contributed by atoms with Gasteiger partial charge in [-0.1, -0.05) is 44.2 Å². The van der Waals surface area contributed by atoms with Gasteiger partial charge in [0.15, 0.2) is 0 Å². The number of nitrogens with one attached hydrogen (secondary N) is 1. The quantitative estimate of drug-likeness (QED) is 0.717. The Kier molecular flexibility index (Phi) is 4.11. The van der Waals surface area contributed by atoms with Crippen molar-refractivity contribution in [2.75, 3.05) is 0 Å². The minimum atomic E-state index is -0.284. The predicted octanol–water partition coefficient (Wildman–Crippen LogP) is 5.07. The molecule has 0 aliphatic rings. The summed E-state index contributed by atoms with van der Waals surface area (Å²) in [4.78, 5) is 15.0. The summed E-state index contributed by atoms with van der Waals surface area (Å²) in [5, 5.41) is 0. The molecule has 2 aromatic carbocycles. The van der Waals surface area contributed by atoms with E-state index >= 15 is 0 Å². The van der Waals surface area contributed by atoms with Crippen molar-refractivity contribution in [3.8, 4) is 22.4 Å². The molecule has 23 heavy (non-hydrogen) atoms. The maximum Gasteiger partial charge on any atom is 0.236 e. The minimum absolute atomic E-state index is 0.156. The summed E-state index contributed by atoms with van der Waals surface area (Å²) in [5.41, 5.74) is 4.81. The molecule has 0 aliphatic carbocycles. The van der Waals surface area contributed by atoms with Gasteiger partial charge in [-0.3, -0.25) is 4.79 Å². The molecule has 1 N–H and O–H groups in total. The fraction of sp³-hybridized carbons (Fsp3) is 0.150. The van der Waals surface area contributed by atoms with E-state index in [4.69, 9.17) is 0 Å². The Morgan fingerprint density at radius 2 is 1.61 bits per heavy atom. The first-order chi connectivity index (χ1) is 11.1. The molecule has 1 radical (unpaired) electrons. The Morgan fingerprint density at radius 1 is 0.957 bits per heavy atom. The molecule has 0 unspecified atom stereocenters. The molecule has 0 spiro atoms. The normalized spacial score (nSPS) is 11.0. The summed E-state index contributed by atoms with van der Waals surface area (Å²) in [7, 11) is 0. The van der Waals surface area contributed by atoms with Crippen molar-refractivity contribution in [3.63, 3.8) is 0 Å². The van der Waals surface area contributed by atoms with Crippen molar-refractivity contribution in [2.24, 2.45) is 0 Å². The van der Waals surface area contributed by atoms with Crippen LogP contribution in [0.25, 0.3) is 22.4 Å². The molecule has 0 fully saturated rings. The van der Waals surface area contributed by atoms with Crippen LogP contribution in [-0.2, 0) is 4.79 Å². The highest BCUT2D eigenvalue weighted by atomic mass is 19.1. The standard InChI is InChI=1S/C20H17FNO/c1-13(2)19-17(12-23)18(14-6-4-3-5-7-14)20(22-19)15-8-10-16(21)11-9-15/h3-11,13,22H,1-2H3. The summed E-state index contributed by atoms with van der Waals surface area (Å²) >= 11 is 0. The van der Waals surface area contributed by atoms with Gasteiger partial charge in [0.05, 0.1) is 11.3 Å². The van der Waals surface area contributed by atoms with Gasteiger partial charge < -0.3 is 4.98 Å². The first-order valence-electron chi connectivity index (χ1n) is 7.57.